The van der Waals surface area contributed by atoms with E-state index >= 15 is 0 Å². The van der Waals surface area contributed by atoms with Crippen molar-refractivity contribution < 1.29 is 10.2 Å². The van der Waals surface area contributed by atoms with Crippen LogP contribution in [0.5, 0.6) is 11.8 Å². The molecule has 0 spiro atoms. The van der Waals surface area contributed by atoms with Crippen molar-refractivity contribution in [2.24, 2.45) is 0 Å². The van der Waals surface area contributed by atoms with Gasteiger partial charge in [0.1, 0.15) is 0 Å². The van der Waals surface area contributed by atoms with Gasteiger partial charge < -0.3 is 10.2 Å². The fourth-order valence-corrected chi connectivity index (χ4v) is 2.45. The maximum absolute atomic E-state index is 9.45. The van der Waals surface area contributed by atoms with Crippen LogP contribution in [0.25, 0.3) is 0 Å². The average Bonchev–Trinajstić information content (AvgIpc) is 2.82. The predicted octanol–water partition coefficient (Wildman–Crippen LogP) is 1.78. The van der Waals surface area contributed by atoms with Crippen LogP contribution in [0.2, 0.25) is 0 Å². The van der Waals surface area contributed by atoms with Crippen molar-refractivity contribution in [2.45, 2.75) is 45.3 Å². The Balaban J connectivity index is 1.90. The molecule has 4 heteroatoms. The standard InChI is InChI=1S/C14H20N2O2/c1-11-5-6-12(2)15(11)9-3-4-10-16-13(17)7-8-14(16)18/h7-8,11-12,17-18H,5-6,9-10H2,1-2H3. The van der Waals surface area contributed by atoms with Gasteiger partial charge in [-0.1, -0.05) is 11.8 Å². The highest BCUT2D eigenvalue weighted by Crippen LogP contribution is 2.22. The lowest BCUT2D eigenvalue weighted by atomic mass is 10.2. The monoisotopic (exact) mass is 248 g/mol. The Bertz CT molecular complexity index is 440. The van der Waals surface area contributed by atoms with Crippen molar-refractivity contribution in [3.63, 3.8) is 0 Å². The molecular formula is C14H20N2O2. The van der Waals surface area contributed by atoms with Crippen molar-refractivity contribution in [2.75, 3.05) is 6.54 Å². The average molecular weight is 248 g/mol. The summed E-state index contributed by atoms with van der Waals surface area (Å²) in [4.78, 5) is 2.39. The quantitative estimate of drug-likeness (QED) is 0.784. The van der Waals surface area contributed by atoms with Crippen molar-refractivity contribution in [3.8, 4) is 23.6 Å². The van der Waals surface area contributed by atoms with Gasteiger partial charge in [0.05, 0.1) is 13.1 Å². The second-order valence-corrected chi connectivity index (χ2v) is 4.94. The van der Waals surface area contributed by atoms with Crippen LogP contribution in [0, 0.1) is 11.8 Å². The molecule has 1 aromatic rings. The van der Waals surface area contributed by atoms with E-state index in [9.17, 15) is 10.2 Å². The summed E-state index contributed by atoms with van der Waals surface area (Å²) in [5, 5.41) is 18.9. The molecule has 1 aliphatic heterocycles. The zero-order valence-electron chi connectivity index (χ0n) is 10.9. The summed E-state index contributed by atoms with van der Waals surface area (Å²) < 4.78 is 1.38. The first kappa shape index (κ1) is 12.8. The van der Waals surface area contributed by atoms with Crippen LogP contribution in [0.4, 0.5) is 0 Å². The Labute approximate surface area is 108 Å². The summed E-state index contributed by atoms with van der Waals surface area (Å²) >= 11 is 0. The molecule has 1 saturated heterocycles. The predicted molar refractivity (Wildman–Crippen MR) is 70.4 cm³/mol. The lowest BCUT2D eigenvalue weighted by Gasteiger charge is -2.22. The summed E-state index contributed by atoms with van der Waals surface area (Å²) in [5.74, 6) is 6.19. The molecule has 98 valence electrons. The minimum Gasteiger partial charge on any atom is -0.494 e. The van der Waals surface area contributed by atoms with Gasteiger partial charge in [-0.05, 0) is 26.7 Å². The third-order valence-corrected chi connectivity index (χ3v) is 3.69. The van der Waals surface area contributed by atoms with Crippen LogP contribution in [0.1, 0.15) is 26.7 Å². The molecule has 1 aromatic heterocycles. The second-order valence-electron chi connectivity index (χ2n) is 4.94. The van der Waals surface area contributed by atoms with E-state index in [1.54, 1.807) is 0 Å². The SMILES string of the molecule is CC1CCC(C)N1CC#CCn1c(O)ccc1O. The minimum atomic E-state index is 0.0460. The molecule has 2 heterocycles. The topological polar surface area (TPSA) is 48.6 Å². The summed E-state index contributed by atoms with van der Waals surface area (Å²) in [7, 11) is 0. The molecule has 2 atom stereocenters. The van der Waals surface area contributed by atoms with Gasteiger partial charge in [0.15, 0.2) is 11.8 Å². The molecule has 0 aromatic carbocycles. The molecule has 0 bridgehead atoms. The zero-order chi connectivity index (χ0) is 13.1. The Morgan fingerprint density at radius 3 is 2.11 bits per heavy atom. The molecule has 0 aliphatic carbocycles. The van der Waals surface area contributed by atoms with E-state index in [4.69, 9.17) is 0 Å². The Morgan fingerprint density at radius 2 is 1.56 bits per heavy atom. The lowest BCUT2D eigenvalue weighted by molar-refractivity contribution is 0.243. The van der Waals surface area contributed by atoms with Crippen LogP contribution in [0.15, 0.2) is 12.1 Å². The smallest absolute Gasteiger partial charge is 0.194 e. The van der Waals surface area contributed by atoms with Crippen LogP contribution >= 0.6 is 0 Å². The van der Waals surface area contributed by atoms with E-state index in [-0.39, 0.29) is 11.8 Å². The molecule has 4 nitrogen and oxygen atoms in total. The number of hydrogen-bond acceptors (Lipinski definition) is 3. The fraction of sp³-hybridized carbons (Fsp3) is 0.571. The van der Waals surface area contributed by atoms with Crippen LogP contribution in [-0.4, -0.2) is 38.3 Å². The third kappa shape index (κ3) is 2.62. The molecule has 0 saturated carbocycles. The van der Waals surface area contributed by atoms with Gasteiger partial charge in [-0.2, -0.15) is 0 Å². The molecule has 0 amide bonds. The van der Waals surface area contributed by atoms with E-state index in [2.05, 4.69) is 30.6 Å². The highest BCUT2D eigenvalue weighted by Gasteiger charge is 2.25. The normalized spacial score (nSPS) is 23.9. The van der Waals surface area contributed by atoms with E-state index in [1.807, 2.05) is 0 Å². The van der Waals surface area contributed by atoms with Crippen LogP contribution in [-0.2, 0) is 6.54 Å². The second kappa shape index (κ2) is 5.36. The van der Waals surface area contributed by atoms with E-state index in [1.165, 1.54) is 29.5 Å². The fourth-order valence-electron chi connectivity index (χ4n) is 2.45. The van der Waals surface area contributed by atoms with Crippen molar-refractivity contribution in [1.82, 2.24) is 9.47 Å². The Morgan fingerprint density at radius 1 is 1.06 bits per heavy atom. The molecule has 2 unspecified atom stereocenters. The van der Waals surface area contributed by atoms with Gasteiger partial charge in [0.25, 0.3) is 0 Å². The highest BCUT2D eigenvalue weighted by molar-refractivity contribution is 5.25. The number of hydrogen-bond donors (Lipinski definition) is 2. The number of nitrogens with zero attached hydrogens (tertiary/aromatic N) is 2. The molecule has 18 heavy (non-hydrogen) atoms. The third-order valence-electron chi connectivity index (χ3n) is 3.69. The first-order valence-electron chi connectivity index (χ1n) is 6.38. The largest absolute Gasteiger partial charge is 0.494 e. The Hall–Kier alpha value is -1.60. The van der Waals surface area contributed by atoms with Crippen molar-refractivity contribution in [1.29, 1.82) is 0 Å². The minimum absolute atomic E-state index is 0.0460. The van der Waals surface area contributed by atoms with E-state index in [0.717, 1.165) is 6.54 Å². The van der Waals surface area contributed by atoms with Crippen LogP contribution in [0.3, 0.4) is 0 Å². The zero-order valence-corrected chi connectivity index (χ0v) is 10.9. The number of aromatic hydroxyl groups is 2. The van der Waals surface area contributed by atoms with Crippen LogP contribution < -0.4 is 0 Å². The summed E-state index contributed by atoms with van der Waals surface area (Å²) in [6.07, 6.45) is 2.48. The van der Waals surface area contributed by atoms with Gasteiger partial charge in [-0.25, -0.2) is 0 Å². The van der Waals surface area contributed by atoms with Crippen molar-refractivity contribution >= 4 is 0 Å². The summed E-state index contributed by atoms with van der Waals surface area (Å²) in [5.41, 5.74) is 0. The van der Waals surface area contributed by atoms with Gasteiger partial charge in [0.2, 0.25) is 0 Å². The van der Waals surface area contributed by atoms with E-state index in [0.29, 0.717) is 18.6 Å². The lowest BCUT2D eigenvalue weighted by Crippen LogP contribution is -2.32. The first-order valence-corrected chi connectivity index (χ1v) is 6.38. The van der Waals surface area contributed by atoms with Crippen molar-refractivity contribution in [3.05, 3.63) is 12.1 Å². The van der Waals surface area contributed by atoms with Gasteiger partial charge >= 0.3 is 0 Å². The summed E-state index contributed by atoms with van der Waals surface area (Å²) in [6.45, 7) is 5.54. The highest BCUT2D eigenvalue weighted by atomic mass is 16.3. The Kier molecular flexibility index (Phi) is 3.83. The maximum atomic E-state index is 9.45. The maximum Gasteiger partial charge on any atom is 0.194 e. The molecular weight excluding hydrogens is 228 g/mol. The van der Waals surface area contributed by atoms with Gasteiger partial charge in [-0.3, -0.25) is 9.47 Å². The molecule has 1 fully saturated rings. The van der Waals surface area contributed by atoms with E-state index < -0.39 is 0 Å². The first-order chi connectivity index (χ1) is 8.59. The number of rotatable bonds is 2. The molecule has 2 N–H and O–H groups in total. The number of aromatic nitrogens is 1. The number of likely N-dealkylation sites (tertiary alicyclic amines) is 1. The van der Waals surface area contributed by atoms with Gasteiger partial charge in [-0.15, -0.1) is 0 Å². The molecule has 1 aliphatic rings. The summed E-state index contributed by atoms with van der Waals surface area (Å²) in [6, 6.07) is 4.12. The molecule has 2 rings (SSSR count). The van der Waals surface area contributed by atoms with Gasteiger partial charge in [0, 0.05) is 24.2 Å². The molecule has 0 radical (unpaired) electrons.